The third-order valence-electron chi connectivity index (χ3n) is 3.97. The number of H-pyrrole nitrogens is 1. The van der Waals surface area contributed by atoms with E-state index in [0.717, 1.165) is 16.6 Å². The molecule has 0 saturated heterocycles. The SMILES string of the molecule is COc1ccc(CC(C(N)=O)c2nc3ccccc3[nH]2)cc1OC. The van der Waals surface area contributed by atoms with Crippen LogP contribution in [0, 0.1) is 0 Å². The second kappa shape index (κ2) is 6.62. The average molecular weight is 325 g/mol. The smallest absolute Gasteiger partial charge is 0.228 e. The first kappa shape index (κ1) is 15.9. The van der Waals surface area contributed by atoms with Crippen LogP contribution in [0.1, 0.15) is 17.3 Å². The number of aromatic amines is 1. The van der Waals surface area contributed by atoms with Gasteiger partial charge in [-0.3, -0.25) is 4.79 Å². The number of nitrogens with zero attached hydrogens (tertiary/aromatic N) is 1. The predicted molar refractivity (Wildman–Crippen MR) is 91.3 cm³/mol. The maximum Gasteiger partial charge on any atom is 0.228 e. The van der Waals surface area contributed by atoms with E-state index in [4.69, 9.17) is 15.2 Å². The van der Waals surface area contributed by atoms with Crippen LogP contribution in [0.2, 0.25) is 0 Å². The van der Waals surface area contributed by atoms with Gasteiger partial charge in [-0.25, -0.2) is 4.98 Å². The normalized spacial score (nSPS) is 12.1. The van der Waals surface area contributed by atoms with E-state index >= 15 is 0 Å². The Bertz CT molecular complexity index is 840. The van der Waals surface area contributed by atoms with Crippen LogP contribution in [-0.4, -0.2) is 30.1 Å². The second-order valence-electron chi connectivity index (χ2n) is 5.49. The lowest BCUT2D eigenvalue weighted by Crippen LogP contribution is -2.24. The molecule has 1 atom stereocenters. The van der Waals surface area contributed by atoms with Crippen molar-refractivity contribution in [3.8, 4) is 11.5 Å². The van der Waals surface area contributed by atoms with Crippen LogP contribution < -0.4 is 15.2 Å². The minimum Gasteiger partial charge on any atom is -0.493 e. The number of nitrogens with two attached hydrogens (primary N) is 1. The maximum atomic E-state index is 12.0. The number of aromatic nitrogens is 2. The largest absolute Gasteiger partial charge is 0.493 e. The minimum absolute atomic E-state index is 0.426. The molecule has 1 aromatic heterocycles. The van der Waals surface area contributed by atoms with Gasteiger partial charge in [-0.15, -0.1) is 0 Å². The Labute approximate surface area is 139 Å². The van der Waals surface area contributed by atoms with Gasteiger partial charge in [0.05, 0.1) is 31.2 Å². The van der Waals surface area contributed by atoms with E-state index in [0.29, 0.717) is 23.7 Å². The van der Waals surface area contributed by atoms with Crippen LogP contribution in [0.4, 0.5) is 0 Å². The number of benzene rings is 2. The standard InChI is InChI=1S/C18H19N3O3/c1-23-15-8-7-11(10-16(15)24-2)9-12(17(19)22)18-20-13-5-3-4-6-14(13)21-18/h3-8,10,12H,9H2,1-2H3,(H2,19,22)(H,20,21). The number of carbonyl (C=O) groups excluding carboxylic acids is 1. The third-order valence-corrected chi connectivity index (χ3v) is 3.97. The van der Waals surface area contributed by atoms with Crippen molar-refractivity contribution in [1.29, 1.82) is 0 Å². The van der Waals surface area contributed by atoms with Crippen LogP contribution in [0.5, 0.6) is 11.5 Å². The summed E-state index contributed by atoms with van der Waals surface area (Å²) in [6.45, 7) is 0. The molecule has 3 rings (SSSR count). The summed E-state index contributed by atoms with van der Waals surface area (Å²) in [5.74, 6) is 0.848. The topological polar surface area (TPSA) is 90.2 Å². The molecule has 0 spiro atoms. The molecular formula is C18H19N3O3. The van der Waals surface area contributed by atoms with Gasteiger partial charge in [-0.05, 0) is 36.2 Å². The van der Waals surface area contributed by atoms with Crippen molar-refractivity contribution in [2.75, 3.05) is 14.2 Å². The van der Waals surface area contributed by atoms with E-state index in [1.165, 1.54) is 0 Å². The van der Waals surface area contributed by atoms with E-state index in [-0.39, 0.29) is 0 Å². The Kier molecular flexibility index (Phi) is 4.37. The summed E-state index contributed by atoms with van der Waals surface area (Å²) in [7, 11) is 3.16. The molecule has 24 heavy (non-hydrogen) atoms. The fourth-order valence-electron chi connectivity index (χ4n) is 2.71. The van der Waals surface area contributed by atoms with Gasteiger partial charge in [0.1, 0.15) is 5.82 Å². The van der Waals surface area contributed by atoms with Crippen molar-refractivity contribution >= 4 is 16.9 Å². The molecule has 2 aromatic carbocycles. The van der Waals surface area contributed by atoms with Crippen molar-refractivity contribution < 1.29 is 14.3 Å². The Morgan fingerprint density at radius 1 is 1.17 bits per heavy atom. The molecule has 3 aromatic rings. The zero-order valence-electron chi connectivity index (χ0n) is 13.6. The van der Waals surface area contributed by atoms with Crippen molar-refractivity contribution in [3.63, 3.8) is 0 Å². The Balaban J connectivity index is 1.93. The van der Waals surface area contributed by atoms with E-state index in [1.807, 2.05) is 42.5 Å². The highest BCUT2D eigenvalue weighted by Gasteiger charge is 2.22. The highest BCUT2D eigenvalue weighted by molar-refractivity contribution is 5.83. The first-order valence-corrected chi connectivity index (χ1v) is 7.57. The van der Waals surface area contributed by atoms with Crippen molar-refractivity contribution in [1.82, 2.24) is 9.97 Å². The number of carbonyl (C=O) groups is 1. The van der Waals surface area contributed by atoms with Gasteiger partial charge in [0.25, 0.3) is 0 Å². The van der Waals surface area contributed by atoms with Crippen LogP contribution in [-0.2, 0) is 11.2 Å². The molecule has 1 unspecified atom stereocenters. The van der Waals surface area contributed by atoms with Gasteiger partial charge in [-0.2, -0.15) is 0 Å². The summed E-state index contributed by atoms with van der Waals surface area (Å²) in [4.78, 5) is 19.6. The first-order chi connectivity index (χ1) is 11.6. The van der Waals surface area contributed by atoms with Crippen LogP contribution in [0.25, 0.3) is 11.0 Å². The summed E-state index contributed by atoms with van der Waals surface area (Å²) < 4.78 is 10.5. The lowest BCUT2D eigenvalue weighted by molar-refractivity contribution is -0.119. The quantitative estimate of drug-likeness (QED) is 0.728. The molecule has 0 bridgehead atoms. The highest BCUT2D eigenvalue weighted by atomic mass is 16.5. The number of imidazole rings is 1. The maximum absolute atomic E-state index is 12.0. The van der Waals surface area contributed by atoms with Crippen LogP contribution in [0.15, 0.2) is 42.5 Å². The van der Waals surface area contributed by atoms with Crippen molar-refractivity contribution in [2.24, 2.45) is 5.73 Å². The van der Waals surface area contributed by atoms with E-state index in [2.05, 4.69) is 9.97 Å². The van der Waals surface area contributed by atoms with E-state index < -0.39 is 11.8 Å². The molecule has 6 nitrogen and oxygen atoms in total. The second-order valence-corrected chi connectivity index (χ2v) is 5.49. The average Bonchev–Trinajstić information content (AvgIpc) is 3.02. The van der Waals surface area contributed by atoms with Crippen molar-refractivity contribution in [3.05, 3.63) is 53.9 Å². The summed E-state index contributed by atoms with van der Waals surface area (Å²) in [5, 5.41) is 0. The number of rotatable bonds is 6. The van der Waals surface area contributed by atoms with Crippen molar-refractivity contribution in [2.45, 2.75) is 12.3 Å². The zero-order valence-corrected chi connectivity index (χ0v) is 13.6. The van der Waals surface area contributed by atoms with E-state index in [1.54, 1.807) is 14.2 Å². The Morgan fingerprint density at radius 2 is 1.92 bits per heavy atom. The Hall–Kier alpha value is -3.02. The summed E-state index contributed by atoms with van der Waals surface area (Å²) in [5.41, 5.74) is 8.22. The monoisotopic (exact) mass is 325 g/mol. The lowest BCUT2D eigenvalue weighted by atomic mass is 9.97. The molecule has 0 radical (unpaired) electrons. The lowest BCUT2D eigenvalue weighted by Gasteiger charge is -2.13. The molecule has 124 valence electrons. The molecule has 3 N–H and O–H groups in total. The fourth-order valence-corrected chi connectivity index (χ4v) is 2.71. The van der Waals surface area contributed by atoms with Gasteiger partial charge < -0.3 is 20.2 Å². The molecule has 0 aliphatic heterocycles. The number of hydrogen-bond acceptors (Lipinski definition) is 4. The molecule has 1 amide bonds. The molecule has 0 aliphatic carbocycles. The van der Waals surface area contributed by atoms with Gasteiger partial charge in [0, 0.05) is 0 Å². The molecule has 0 aliphatic rings. The fraction of sp³-hybridized carbons (Fsp3) is 0.222. The minimum atomic E-state index is -0.546. The number of amides is 1. The number of ether oxygens (including phenoxy) is 2. The first-order valence-electron chi connectivity index (χ1n) is 7.57. The van der Waals surface area contributed by atoms with Gasteiger partial charge in [0.2, 0.25) is 5.91 Å². The third kappa shape index (κ3) is 3.03. The Morgan fingerprint density at radius 3 is 2.58 bits per heavy atom. The van der Waals surface area contributed by atoms with E-state index in [9.17, 15) is 4.79 Å². The number of para-hydroxylation sites is 2. The van der Waals surface area contributed by atoms with Gasteiger partial charge in [0.15, 0.2) is 11.5 Å². The van der Waals surface area contributed by atoms with Crippen LogP contribution in [0.3, 0.4) is 0 Å². The van der Waals surface area contributed by atoms with Gasteiger partial charge in [-0.1, -0.05) is 18.2 Å². The molecule has 1 heterocycles. The predicted octanol–water partition coefficient (Wildman–Crippen LogP) is 2.39. The molecule has 0 fully saturated rings. The number of nitrogens with one attached hydrogen (secondary N) is 1. The molecular weight excluding hydrogens is 306 g/mol. The summed E-state index contributed by atoms with van der Waals surface area (Å²) in [6.07, 6.45) is 0.426. The number of fused-ring (bicyclic) bond motifs is 1. The number of primary amides is 1. The summed E-state index contributed by atoms with van der Waals surface area (Å²) in [6, 6.07) is 13.2. The highest BCUT2D eigenvalue weighted by Crippen LogP contribution is 2.30. The molecule has 0 saturated carbocycles. The van der Waals surface area contributed by atoms with Crippen LogP contribution >= 0.6 is 0 Å². The zero-order chi connectivity index (χ0) is 17.1. The molecule has 6 heteroatoms. The summed E-state index contributed by atoms with van der Waals surface area (Å²) >= 11 is 0. The van der Waals surface area contributed by atoms with Gasteiger partial charge >= 0.3 is 0 Å². The number of methoxy groups -OCH3 is 2. The number of hydrogen-bond donors (Lipinski definition) is 2.